The molecule has 0 saturated carbocycles. The van der Waals surface area contributed by atoms with E-state index in [0.717, 1.165) is 0 Å². The molecule has 0 bridgehead atoms. The van der Waals surface area contributed by atoms with E-state index >= 15 is 0 Å². The minimum atomic E-state index is -1.34. The van der Waals surface area contributed by atoms with Gasteiger partial charge in [0, 0.05) is 10.5 Å². The summed E-state index contributed by atoms with van der Waals surface area (Å²) in [7, 11) is 1.46. The first kappa shape index (κ1) is 17.7. The molecule has 8 heteroatoms. The molecule has 0 aliphatic heterocycles. The number of carbonyl (C=O) groups is 1. The molecule has 0 aromatic heterocycles. The van der Waals surface area contributed by atoms with Crippen LogP contribution in [0.2, 0.25) is 0 Å². The Bertz CT molecular complexity index is 739. The molecule has 24 heavy (non-hydrogen) atoms. The number of hydrogen-bond acceptors (Lipinski definition) is 4. The lowest BCUT2D eigenvalue weighted by molar-refractivity contribution is -0.534. The number of methoxy groups -OCH3 is 1. The molecule has 0 aliphatic rings. The number of nitro groups is 1. The molecule has 0 radical (unpaired) electrons. The zero-order chi connectivity index (χ0) is 17.7. The normalized spacial score (nSPS) is 12.9. The third-order valence-corrected chi connectivity index (χ3v) is 4.15. The van der Waals surface area contributed by atoms with Crippen molar-refractivity contribution in [2.24, 2.45) is 0 Å². The van der Waals surface area contributed by atoms with Crippen LogP contribution in [0.4, 0.5) is 4.79 Å². The summed E-state index contributed by atoms with van der Waals surface area (Å²) in [6.07, 6.45) is -1.34. The first-order valence-corrected chi connectivity index (χ1v) is 7.74. The van der Waals surface area contributed by atoms with Crippen molar-refractivity contribution in [3.05, 3.63) is 74.2 Å². The number of carboxylic acid groups (broad SMARTS) is 1. The fourth-order valence-corrected chi connectivity index (χ4v) is 2.84. The lowest BCUT2D eigenvalue weighted by Crippen LogP contribution is -2.34. The molecule has 126 valence electrons. The molecule has 2 N–H and O–H groups in total. The van der Waals surface area contributed by atoms with Gasteiger partial charge in [0.15, 0.2) is 0 Å². The molecule has 2 rings (SSSR count). The van der Waals surface area contributed by atoms with Crippen molar-refractivity contribution in [2.45, 2.75) is 12.1 Å². The van der Waals surface area contributed by atoms with Gasteiger partial charge in [0.1, 0.15) is 11.8 Å². The zero-order valence-electron chi connectivity index (χ0n) is 12.7. The number of amides is 1. The van der Waals surface area contributed by atoms with E-state index in [1.165, 1.54) is 7.11 Å². The second kappa shape index (κ2) is 7.78. The topological polar surface area (TPSA) is 102 Å². The Morgan fingerprint density at radius 2 is 1.92 bits per heavy atom. The molecular weight excluding hydrogens is 380 g/mol. The van der Waals surface area contributed by atoms with Crippen LogP contribution in [0.15, 0.2) is 53.0 Å². The molecular formula is C16H15BrN2O5. The highest BCUT2D eigenvalue weighted by Gasteiger charge is 2.36. The van der Waals surface area contributed by atoms with Gasteiger partial charge in [0.05, 0.1) is 11.6 Å². The molecule has 2 aromatic rings. The molecule has 0 aliphatic carbocycles. The fraction of sp³-hybridized carbons (Fsp3) is 0.188. The second-order valence-electron chi connectivity index (χ2n) is 4.96. The minimum Gasteiger partial charge on any atom is -0.496 e. The second-order valence-corrected chi connectivity index (χ2v) is 5.82. The van der Waals surface area contributed by atoms with E-state index < -0.39 is 23.1 Å². The third-order valence-electron chi connectivity index (χ3n) is 3.50. The summed E-state index contributed by atoms with van der Waals surface area (Å²) in [6, 6.07) is 10.8. The number of ether oxygens (including phenoxy) is 1. The van der Waals surface area contributed by atoms with E-state index in [2.05, 4.69) is 21.2 Å². The van der Waals surface area contributed by atoms with E-state index in [4.69, 9.17) is 9.84 Å². The lowest BCUT2D eigenvalue weighted by atomic mass is 9.93. The minimum absolute atomic E-state index is 0.406. The molecule has 0 heterocycles. The van der Waals surface area contributed by atoms with Crippen LogP contribution >= 0.6 is 15.9 Å². The monoisotopic (exact) mass is 394 g/mol. The predicted molar refractivity (Wildman–Crippen MR) is 90.8 cm³/mol. The van der Waals surface area contributed by atoms with Gasteiger partial charge in [-0.05, 0) is 33.6 Å². The number of halogens is 1. The fourth-order valence-electron chi connectivity index (χ4n) is 2.43. The van der Waals surface area contributed by atoms with Crippen molar-refractivity contribution >= 4 is 22.0 Å². The largest absolute Gasteiger partial charge is 0.496 e. The Morgan fingerprint density at radius 1 is 1.25 bits per heavy atom. The summed E-state index contributed by atoms with van der Waals surface area (Å²) in [5.41, 5.74) is 0.839. The van der Waals surface area contributed by atoms with Crippen LogP contribution in [0.1, 0.15) is 23.2 Å². The molecule has 0 unspecified atom stereocenters. The summed E-state index contributed by atoms with van der Waals surface area (Å²) >= 11 is 3.31. The molecule has 2 aromatic carbocycles. The van der Waals surface area contributed by atoms with Crippen molar-refractivity contribution in [1.82, 2.24) is 5.32 Å². The van der Waals surface area contributed by atoms with E-state index in [1.807, 2.05) is 0 Å². The highest BCUT2D eigenvalue weighted by molar-refractivity contribution is 9.10. The molecule has 0 fully saturated rings. The average Bonchev–Trinajstić information content (AvgIpc) is 2.55. The maximum atomic E-state index is 11.6. The van der Waals surface area contributed by atoms with E-state index in [0.29, 0.717) is 21.3 Å². The smallest absolute Gasteiger partial charge is 0.405 e. The highest BCUT2D eigenvalue weighted by Crippen LogP contribution is 2.35. The summed E-state index contributed by atoms with van der Waals surface area (Å²) in [6.45, 7) is 0. The summed E-state index contributed by atoms with van der Waals surface area (Å²) < 4.78 is 5.86. The first-order chi connectivity index (χ1) is 11.4. The Morgan fingerprint density at radius 3 is 2.46 bits per heavy atom. The Labute approximate surface area is 146 Å². The van der Waals surface area contributed by atoms with Gasteiger partial charge in [0.25, 0.3) is 6.04 Å². The number of benzene rings is 2. The van der Waals surface area contributed by atoms with Gasteiger partial charge in [-0.2, -0.15) is 0 Å². The van der Waals surface area contributed by atoms with Gasteiger partial charge >= 0.3 is 6.09 Å². The maximum absolute atomic E-state index is 11.6. The van der Waals surface area contributed by atoms with Gasteiger partial charge in [-0.25, -0.2) is 4.79 Å². The van der Waals surface area contributed by atoms with Gasteiger partial charge in [-0.1, -0.05) is 36.4 Å². The van der Waals surface area contributed by atoms with Crippen molar-refractivity contribution < 1.29 is 19.6 Å². The molecule has 0 saturated heterocycles. The number of nitrogens with one attached hydrogen (secondary N) is 1. The predicted octanol–water partition coefficient (Wildman–Crippen LogP) is 3.78. The van der Waals surface area contributed by atoms with Gasteiger partial charge in [-0.15, -0.1) is 0 Å². The van der Waals surface area contributed by atoms with E-state index in [9.17, 15) is 14.9 Å². The van der Waals surface area contributed by atoms with Crippen LogP contribution in [-0.2, 0) is 0 Å². The van der Waals surface area contributed by atoms with Gasteiger partial charge in [0.2, 0.25) is 0 Å². The number of hydrogen-bond donors (Lipinski definition) is 2. The van der Waals surface area contributed by atoms with Crippen LogP contribution in [0.25, 0.3) is 0 Å². The van der Waals surface area contributed by atoms with Crippen LogP contribution in [-0.4, -0.2) is 23.2 Å². The maximum Gasteiger partial charge on any atom is 0.405 e. The zero-order valence-corrected chi connectivity index (χ0v) is 14.3. The van der Waals surface area contributed by atoms with E-state index in [1.54, 1.807) is 48.5 Å². The third kappa shape index (κ3) is 4.02. The lowest BCUT2D eigenvalue weighted by Gasteiger charge is -2.22. The summed E-state index contributed by atoms with van der Waals surface area (Å²) in [5.74, 6) is 0.458. The SMILES string of the molecule is COc1cc([C@@H](NC(=O)O)[C@H](c2ccccc2)[N+](=O)[O-])ccc1Br. The Hall–Kier alpha value is -2.61. The van der Waals surface area contributed by atoms with Crippen molar-refractivity contribution in [3.63, 3.8) is 0 Å². The van der Waals surface area contributed by atoms with Crippen molar-refractivity contribution in [1.29, 1.82) is 0 Å². The highest BCUT2D eigenvalue weighted by atomic mass is 79.9. The van der Waals surface area contributed by atoms with Crippen LogP contribution < -0.4 is 10.1 Å². The standard InChI is InChI=1S/C16H15BrN2O5/c1-24-13-9-11(7-8-12(13)17)14(18-16(20)21)15(19(22)23)10-5-3-2-4-6-10/h2-9,14-15,18H,1H3,(H,20,21)/t14-,15+/m1/s1. The summed E-state index contributed by atoms with van der Waals surface area (Å²) in [4.78, 5) is 22.3. The van der Waals surface area contributed by atoms with E-state index in [-0.39, 0.29) is 0 Å². The van der Waals surface area contributed by atoms with Crippen LogP contribution in [0.3, 0.4) is 0 Å². The number of rotatable bonds is 6. The van der Waals surface area contributed by atoms with Crippen LogP contribution in [0.5, 0.6) is 5.75 Å². The quantitative estimate of drug-likeness (QED) is 0.573. The van der Waals surface area contributed by atoms with Crippen LogP contribution in [0, 0.1) is 10.1 Å². The molecule has 0 spiro atoms. The average molecular weight is 395 g/mol. The number of nitrogens with zero attached hydrogens (tertiary/aromatic N) is 1. The molecule has 7 nitrogen and oxygen atoms in total. The first-order valence-electron chi connectivity index (χ1n) is 6.95. The van der Waals surface area contributed by atoms with Gasteiger partial charge in [-0.3, -0.25) is 10.1 Å². The van der Waals surface area contributed by atoms with Crippen molar-refractivity contribution in [2.75, 3.05) is 7.11 Å². The Kier molecular flexibility index (Phi) is 5.75. The molecule has 1 amide bonds. The molecule has 2 atom stereocenters. The van der Waals surface area contributed by atoms with Gasteiger partial charge < -0.3 is 15.2 Å². The summed E-state index contributed by atoms with van der Waals surface area (Å²) in [5, 5.41) is 23.0. The Balaban J connectivity index is 2.54. The van der Waals surface area contributed by atoms with Crippen molar-refractivity contribution in [3.8, 4) is 5.75 Å².